The third-order valence-electron chi connectivity index (χ3n) is 1.51. The molecule has 58 valence electrons. The number of carbonyl (C=O) groups excluding carboxylic acids is 1. The zero-order valence-electron chi connectivity index (χ0n) is 6.87. The minimum absolute atomic E-state index is 0.00935. The molecule has 0 aromatic rings. The van der Waals surface area contributed by atoms with Gasteiger partial charge in [-0.2, -0.15) is 0 Å². The molecular formula is C10H12O. The van der Waals surface area contributed by atoms with Gasteiger partial charge in [0.25, 0.3) is 0 Å². The topological polar surface area (TPSA) is 17.1 Å². The number of rotatable bonds is 2. The molecule has 11 heavy (non-hydrogen) atoms. The second kappa shape index (κ2) is 3.33. The Hall–Kier alpha value is -1.11. The van der Waals surface area contributed by atoms with Gasteiger partial charge in [-0.1, -0.05) is 29.9 Å². The second-order valence-electron chi connectivity index (χ2n) is 2.92. The van der Waals surface area contributed by atoms with Crippen LogP contribution in [0.1, 0.15) is 13.8 Å². The maximum Gasteiger partial charge on any atom is 0.166 e. The molecule has 0 aromatic heterocycles. The van der Waals surface area contributed by atoms with Gasteiger partial charge in [-0.15, -0.1) is 0 Å². The van der Waals surface area contributed by atoms with Crippen LogP contribution in [0.5, 0.6) is 0 Å². The lowest BCUT2D eigenvalue weighted by Crippen LogP contribution is -2.04. The van der Waals surface area contributed by atoms with Crippen LogP contribution in [0.15, 0.2) is 36.0 Å². The van der Waals surface area contributed by atoms with Gasteiger partial charge < -0.3 is 0 Å². The molecule has 0 spiro atoms. The molecule has 0 fully saturated rings. The predicted molar refractivity (Wildman–Crippen MR) is 46.2 cm³/mol. The van der Waals surface area contributed by atoms with Gasteiger partial charge in [-0.25, -0.2) is 0 Å². The molecule has 0 atom stereocenters. The van der Waals surface area contributed by atoms with Gasteiger partial charge >= 0.3 is 0 Å². The summed E-state index contributed by atoms with van der Waals surface area (Å²) in [5.74, 6) is 0.167. The number of hydrogen-bond donors (Lipinski definition) is 0. The highest BCUT2D eigenvalue weighted by Crippen LogP contribution is 2.11. The molecule has 0 aromatic carbocycles. The van der Waals surface area contributed by atoms with Crippen molar-refractivity contribution in [2.24, 2.45) is 5.92 Å². The molecule has 0 N–H and O–H groups in total. The standard InChI is InChI=1S/C10H12O/c1-8(2)7-10(11)9-5-3-4-6-9/h3-7,9H,1-2H3. The van der Waals surface area contributed by atoms with E-state index in [2.05, 4.69) is 0 Å². The SMILES string of the molecule is CC(C)=CC(=O)C1C=CC=C1. The maximum absolute atomic E-state index is 11.3. The van der Waals surface area contributed by atoms with E-state index in [-0.39, 0.29) is 11.7 Å². The second-order valence-corrected chi connectivity index (χ2v) is 2.92. The van der Waals surface area contributed by atoms with Crippen LogP contribution in [0.25, 0.3) is 0 Å². The Balaban J connectivity index is 2.62. The van der Waals surface area contributed by atoms with E-state index in [1.54, 1.807) is 6.08 Å². The Morgan fingerprint density at radius 2 is 1.82 bits per heavy atom. The predicted octanol–water partition coefficient (Wildman–Crippen LogP) is 2.26. The molecule has 0 saturated carbocycles. The summed E-state index contributed by atoms with van der Waals surface area (Å²) < 4.78 is 0. The third kappa shape index (κ3) is 2.19. The van der Waals surface area contributed by atoms with E-state index in [0.717, 1.165) is 5.57 Å². The van der Waals surface area contributed by atoms with E-state index in [1.165, 1.54) is 0 Å². The molecule has 0 radical (unpaired) electrons. The average molecular weight is 148 g/mol. The normalized spacial score (nSPS) is 15.5. The summed E-state index contributed by atoms with van der Waals surface area (Å²) in [6, 6.07) is 0. The summed E-state index contributed by atoms with van der Waals surface area (Å²) in [5.41, 5.74) is 1.06. The molecule has 0 amide bonds. The van der Waals surface area contributed by atoms with Crippen molar-refractivity contribution in [3.63, 3.8) is 0 Å². The van der Waals surface area contributed by atoms with E-state index in [0.29, 0.717) is 0 Å². The molecule has 1 rings (SSSR count). The fourth-order valence-electron chi connectivity index (χ4n) is 1.00. The highest BCUT2D eigenvalue weighted by Gasteiger charge is 2.10. The molecule has 1 aliphatic rings. The van der Waals surface area contributed by atoms with Crippen LogP contribution in [0.2, 0.25) is 0 Å². The number of hydrogen-bond acceptors (Lipinski definition) is 1. The lowest BCUT2D eigenvalue weighted by molar-refractivity contribution is -0.115. The molecular weight excluding hydrogens is 136 g/mol. The van der Waals surface area contributed by atoms with Crippen molar-refractivity contribution in [1.82, 2.24) is 0 Å². The zero-order chi connectivity index (χ0) is 8.27. The zero-order valence-corrected chi connectivity index (χ0v) is 6.87. The quantitative estimate of drug-likeness (QED) is 0.549. The van der Waals surface area contributed by atoms with Crippen LogP contribution in [0.3, 0.4) is 0 Å². The fraction of sp³-hybridized carbons (Fsp3) is 0.300. The molecule has 1 aliphatic carbocycles. The Labute approximate surface area is 67.1 Å². The number of carbonyl (C=O) groups is 1. The van der Waals surface area contributed by atoms with Crippen LogP contribution < -0.4 is 0 Å². The fourth-order valence-corrected chi connectivity index (χ4v) is 1.00. The van der Waals surface area contributed by atoms with Crippen molar-refractivity contribution in [1.29, 1.82) is 0 Å². The van der Waals surface area contributed by atoms with Crippen molar-refractivity contribution < 1.29 is 4.79 Å². The summed E-state index contributed by atoms with van der Waals surface area (Å²) in [5, 5.41) is 0. The maximum atomic E-state index is 11.3. The van der Waals surface area contributed by atoms with E-state index >= 15 is 0 Å². The van der Waals surface area contributed by atoms with E-state index < -0.39 is 0 Å². The smallest absolute Gasteiger partial charge is 0.166 e. The lowest BCUT2D eigenvalue weighted by atomic mass is 10.0. The van der Waals surface area contributed by atoms with Crippen molar-refractivity contribution in [3.05, 3.63) is 36.0 Å². The van der Waals surface area contributed by atoms with Crippen molar-refractivity contribution in [2.45, 2.75) is 13.8 Å². The van der Waals surface area contributed by atoms with E-state index in [1.807, 2.05) is 38.2 Å². The highest BCUT2D eigenvalue weighted by molar-refractivity contribution is 5.95. The van der Waals surface area contributed by atoms with Crippen LogP contribution in [-0.2, 0) is 4.79 Å². The van der Waals surface area contributed by atoms with E-state index in [9.17, 15) is 4.79 Å². The van der Waals surface area contributed by atoms with Gasteiger partial charge in [0.1, 0.15) is 0 Å². The van der Waals surface area contributed by atoms with Gasteiger partial charge in [0.15, 0.2) is 5.78 Å². The highest BCUT2D eigenvalue weighted by atomic mass is 16.1. The van der Waals surface area contributed by atoms with Gasteiger partial charge in [0.2, 0.25) is 0 Å². The summed E-state index contributed by atoms with van der Waals surface area (Å²) >= 11 is 0. The lowest BCUT2D eigenvalue weighted by Gasteiger charge is -1.98. The van der Waals surface area contributed by atoms with Crippen molar-refractivity contribution >= 4 is 5.78 Å². The number of allylic oxidation sites excluding steroid dienone is 6. The van der Waals surface area contributed by atoms with Crippen LogP contribution in [0.4, 0.5) is 0 Å². The molecule has 0 heterocycles. The van der Waals surface area contributed by atoms with Crippen LogP contribution >= 0.6 is 0 Å². The Bertz CT molecular complexity index is 228. The first-order valence-corrected chi connectivity index (χ1v) is 3.74. The summed E-state index contributed by atoms with van der Waals surface area (Å²) in [7, 11) is 0. The first-order valence-electron chi connectivity index (χ1n) is 3.74. The Morgan fingerprint density at radius 3 is 2.27 bits per heavy atom. The Kier molecular flexibility index (Phi) is 2.42. The summed E-state index contributed by atoms with van der Waals surface area (Å²) in [6.07, 6.45) is 9.30. The first kappa shape index (κ1) is 7.99. The van der Waals surface area contributed by atoms with E-state index in [4.69, 9.17) is 0 Å². The third-order valence-corrected chi connectivity index (χ3v) is 1.51. The average Bonchev–Trinajstić information content (AvgIpc) is 2.35. The molecule has 0 saturated heterocycles. The molecule has 1 nitrogen and oxygen atoms in total. The van der Waals surface area contributed by atoms with Crippen molar-refractivity contribution in [2.75, 3.05) is 0 Å². The van der Waals surface area contributed by atoms with Crippen LogP contribution in [-0.4, -0.2) is 5.78 Å². The van der Waals surface area contributed by atoms with Gasteiger partial charge in [0.05, 0.1) is 5.92 Å². The largest absolute Gasteiger partial charge is 0.294 e. The van der Waals surface area contributed by atoms with Gasteiger partial charge in [-0.3, -0.25) is 4.79 Å². The number of ketones is 1. The summed E-state index contributed by atoms with van der Waals surface area (Å²) in [4.78, 5) is 11.3. The van der Waals surface area contributed by atoms with Gasteiger partial charge in [-0.05, 0) is 19.9 Å². The minimum atomic E-state index is -0.00935. The van der Waals surface area contributed by atoms with Gasteiger partial charge in [0, 0.05) is 0 Å². The molecule has 0 unspecified atom stereocenters. The Morgan fingerprint density at radius 1 is 1.27 bits per heavy atom. The first-order chi connectivity index (χ1) is 5.20. The summed E-state index contributed by atoms with van der Waals surface area (Å²) in [6.45, 7) is 3.86. The molecule has 0 bridgehead atoms. The van der Waals surface area contributed by atoms with Crippen LogP contribution in [0, 0.1) is 5.92 Å². The molecule has 0 aliphatic heterocycles. The monoisotopic (exact) mass is 148 g/mol. The van der Waals surface area contributed by atoms with Crippen molar-refractivity contribution in [3.8, 4) is 0 Å². The minimum Gasteiger partial charge on any atom is -0.294 e. The molecule has 1 heteroatoms.